The van der Waals surface area contributed by atoms with Gasteiger partial charge in [0.1, 0.15) is 0 Å². The van der Waals surface area contributed by atoms with E-state index in [4.69, 9.17) is 4.74 Å². The van der Waals surface area contributed by atoms with Crippen LogP contribution in [0.25, 0.3) is 0 Å². The minimum Gasteiger partial charge on any atom is -0.369 e. The number of benzene rings is 1. The Kier molecular flexibility index (Phi) is 7.11. The van der Waals surface area contributed by atoms with Crippen molar-refractivity contribution in [1.29, 1.82) is 0 Å². The third-order valence-corrected chi connectivity index (χ3v) is 3.34. The van der Waals surface area contributed by atoms with Crippen LogP contribution in [0.4, 0.5) is 0 Å². The van der Waals surface area contributed by atoms with Gasteiger partial charge in [0.15, 0.2) is 0 Å². The fourth-order valence-corrected chi connectivity index (χ4v) is 2.28. The van der Waals surface area contributed by atoms with Crippen molar-refractivity contribution >= 4 is 0 Å². The minimum absolute atomic E-state index is 0.144. The molecule has 0 heterocycles. The van der Waals surface area contributed by atoms with E-state index in [9.17, 15) is 0 Å². The quantitative estimate of drug-likeness (QED) is 0.757. The van der Waals surface area contributed by atoms with Crippen molar-refractivity contribution in [2.45, 2.75) is 65.7 Å². The first kappa shape index (κ1) is 16.2. The number of rotatable bonds is 8. The number of ether oxygens (including phenoxy) is 1. The molecule has 0 radical (unpaired) electrons. The van der Waals surface area contributed by atoms with Crippen LogP contribution < -0.4 is 5.32 Å². The van der Waals surface area contributed by atoms with Crippen LogP contribution in [-0.4, -0.2) is 18.7 Å². The maximum Gasteiger partial charge on any atom is 0.0955 e. The van der Waals surface area contributed by atoms with Gasteiger partial charge in [0.05, 0.1) is 12.2 Å². The van der Waals surface area contributed by atoms with Crippen molar-refractivity contribution in [2.24, 2.45) is 0 Å². The van der Waals surface area contributed by atoms with Gasteiger partial charge < -0.3 is 10.1 Å². The molecule has 2 nitrogen and oxygen atoms in total. The number of nitrogens with one attached hydrogen (secondary N) is 1. The first-order chi connectivity index (χ1) is 9.04. The third-order valence-electron chi connectivity index (χ3n) is 3.34. The standard InChI is InChI=1S/C17H29NO/c1-6-9-15(5)19-17(12-18-13(2)3)16-11-8-7-10-14(16)4/h7-8,10-11,13,15,17-18H,6,9,12H2,1-5H3. The summed E-state index contributed by atoms with van der Waals surface area (Å²) in [7, 11) is 0. The van der Waals surface area contributed by atoms with Crippen LogP contribution in [0.1, 0.15) is 57.8 Å². The van der Waals surface area contributed by atoms with E-state index in [1.54, 1.807) is 0 Å². The summed E-state index contributed by atoms with van der Waals surface area (Å²) in [5, 5.41) is 3.49. The maximum absolute atomic E-state index is 6.25. The molecule has 1 N–H and O–H groups in total. The zero-order valence-electron chi connectivity index (χ0n) is 13.1. The Bertz CT molecular complexity index is 362. The Morgan fingerprint density at radius 3 is 2.42 bits per heavy atom. The predicted octanol–water partition coefficient (Wildman–Crippen LogP) is 4.24. The lowest BCUT2D eigenvalue weighted by Gasteiger charge is -2.25. The fourth-order valence-electron chi connectivity index (χ4n) is 2.28. The van der Waals surface area contributed by atoms with Gasteiger partial charge >= 0.3 is 0 Å². The molecule has 108 valence electrons. The Hall–Kier alpha value is -0.860. The highest BCUT2D eigenvalue weighted by molar-refractivity contribution is 5.28. The highest BCUT2D eigenvalue weighted by Crippen LogP contribution is 2.23. The second kappa shape index (κ2) is 8.34. The Balaban J connectivity index is 2.76. The lowest BCUT2D eigenvalue weighted by Crippen LogP contribution is -2.31. The van der Waals surface area contributed by atoms with Crippen LogP contribution in [0.15, 0.2) is 24.3 Å². The van der Waals surface area contributed by atoms with E-state index in [2.05, 4.69) is 64.2 Å². The van der Waals surface area contributed by atoms with Crippen molar-refractivity contribution in [3.63, 3.8) is 0 Å². The highest BCUT2D eigenvalue weighted by Gasteiger charge is 2.17. The van der Waals surface area contributed by atoms with Crippen molar-refractivity contribution < 1.29 is 4.74 Å². The average molecular weight is 263 g/mol. The van der Waals surface area contributed by atoms with Crippen LogP contribution in [-0.2, 0) is 4.74 Å². The topological polar surface area (TPSA) is 21.3 Å². The molecule has 0 aromatic heterocycles. The highest BCUT2D eigenvalue weighted by atomic mass is 16.5. The van der Waals surface area contributed by atoms with Crippen molar-refractivity contribution in [1.82, 2.24) is 5.32 Å². The molecule has 0 amide bonds. The first-order valence-electron chi connectivity index (χ1n) is 7.49. The molecule has 0 bridgehead atoms. The lowest BCUT2D eigenvalue weighted by atomic mass is 10.0. The van der Waals surface area contributed by atoms with Gasteiger partial charge in [-0.15, -0.1) is 0 Å². The van der Waals surface area contributed by atoms with Gasteiger partial charge in [0.2, 0.25) is 0 Å². The molecule has 0 aliphatic carbocycles. The third kappa shape index (κ3) is 5.75. The summed E-state index contributed by atoms with van der Waals surface area (Å²) in [6.45, 7) is 11.7. The van der Waals surface area contributed by atoms with Gasteiger partial charge in [-0.3, -0.25) is 0 Å². The summed E-state index contributed by atoms with van der Waals surface area (Å²) in [5.41, 5.74) is 2.61. The number of hydrogen-bond acceptors (Lipinski definition) is 2. The van der Waals surface area contributed by atoms with Crippen LogP contribution >= 0.6 is 0 Å². The number of hydrogen-bond donors (Lipinski definition) is 1. The largest absolute Gasteiger partial charge is 0.369 e. The summed E-state index contributed by atoms with van der Waals surface area (Å²) in [5.74, 6) is 0. The molecule has 0 saturated heterocycles. The molecular formula is C17H29NO. The molecule has 1 rings (SSSR count). The molecular weight excluding hydrogens is 234 g/mol. The minimum atomic E-state index is 0.144. The lowest BCUT2D eigenvalue weighted by molar-refractivity contribution is -0.00836. The second-order valence-electron chi connectivity index (χ2n) is 5.64. The maximum atomic E-state index is 6.25. The van der Waals surface area contributed by atoms with Gasteiger partial charge in [0, 0.05) is 12.6 Å². The molecule has 2 heteroatoms. The van der Waals surface area contributed by atoms with Crippen LogP contribution in [0.5, 0.6) is 0 Å². The molecule has 0 aliphatic heterocycles. The van der Waals surface area contributed by atoms with E-state index in [-0.39, 0.29) is 6.10 Å². The fraction of sp³-hybridized carbons (Fsp3) is 0.647. The van der Waals surface area contributed by atoms with Gasteiger partial charge in [-0.25, -0.2) is 0 Å². The first-order valence-corrected chi connectivity index (χ1v) is 7.49. The van der Waals surface area contributed by atoms with Crippen LogP contribution in [0.3, 0.4) is 0 Å². The van der Waals surface area contributed by atoms with E-state index in [0.717, 1.165) is 13.0 Å². The summed E-state index contributed by atoms with van der Waals surface area (Å²) in [6, 6.07) is 9.00. The molecule has 1 aromatic carbocycles. The molecule has 0 saturated carbocycles. The molecule has 1 aromatic rings. The van der Waals surface area contributed by atoms with Gasteiger partial charge in [-0.2, -0.15) is 0 Å². The van der Waals surface area contributed by atoms with E-state index >= 15 is 0 Å². The Labute approximate surface area is 118 Å². The van der Waals surface area contributed by atoms with Crippen molar-refractivity contribution in [3.05, 3.63) is 35.4 Å². The summed E-state index contributed by atoms with van der Waals surface area (Å²) < 4.78 is 6.25. The Morgan fingerprint density at radius 2 is 1.84 bits per heavy atom. The van der Waals surface area contributed by atoms with E-state index in [1.165, 1.54) is 17.5 Å². The monoisotopic (exact) mass is 263 g/mol. The molecule has 0 spiro atoms. The SMILES string of the molecule is CCCC(C)OC(CNC(C)C)c1ccccc1C. The molecule has 2 atom stereocenters. The summed E-state index contributed by atoms with van der Waals surface area (Å²) in [6.07, 6.45) is 2.73. The molecule has 0 aliphatic rings. The van der Waals surface area contributed by atoms with Gasteiger partial charge in [0.25, 0.3) is 0 Å². The van der Waals surface area contributed by atoms with E-state index in [0.29, 0.717) is 12.1 Å². The van der Waals surface area contributed by atoms with E-state index in [1.807, 2.05) is 0 Å². The normalized spacial score (nSPS) is 14.6. The van der Waals surface area contributed by atoms with E-state index < -0.39 is 0 Å². The molecule has 19 heavy (non-hydrogen) atoms. The smallest absolute Gasteiger partial charge is 0.0955 e. The zero-order valence-corrected chi connectivity index (χ0v) is 13.1. The van der Waals surface area contributed by atoms with Gasteiger partial charge in [-0.1, -0.05) is 51.5 Å². The molecule has 2 unspecified atom stereocenters. The second-order valence-corrected chi connectivity index (χ2v) is 5.64. The molecule has 0 fully saturated rings. The van der Waals surface area contributed by atoms with Gasteiger partial charge in [-0.05, 0) is 31.4 Å². The Morgan fingerprint density at radius 1 is 1.16 bits per heavy atom. The van der Waals surface area contributed by atoms with Crippen LogP contribution in [0, 0.1) is 6.92 Å². The van der Waals surface area contributed by atoms with Crippen molar-refractivity contribution in [3.8, 4) is 0 Å². The predicted molar refractivity (Wildman–Crippen MR) is 82.5 cm³/mol. The zero-order chi connectivity index (χ0) is 14.3. The number of aryl methyl sites for hydroxylation is 1. The summed E-state index contributed by atoms with van der Waals surface area (Å²) in [4.78, 5) is 0. The summed E-state index contributed by atoms with van der Waals surface area (Å²) >= 11 is 0. The van der Waals surface area contributed by atoms with Crippen molar-refractivity contribution in [2.75, 3.05) is 6.54 Å². The average Bonchev–Trinajstić information content (AvgIpc) is 2.35. The van der Waals surface area contributed by atoms with Crippen LogP contribution in [0.2, 0.25) is 0 Å².